The van der Waals surface area contributed by atoms with Gasteiger partial charge >= 0.3 is 5.97 Å². The van der Waals surface area contributed by atoms with Gasteiger partial charge < -0.3 is 4.74 Å². The van der Waals surface area contributed by atoms with Crippen molar-refractivity contribution < 1.29 is 9.53 Å². The highest BCUT2D eigenvalue weighted by molar-refractivity contribution is 7.14. The van der Waals surface area contributed by atoms with E-state index in [1.54, 1.807) is 23.5 Å². The third-order valence-electron chi connectivity index (χ3n) is 3.76. The molecule has 0 radical (unpaired) electrons. The van der Waals surface area contributed by atoms with Crippen LogP contribution in [0.4, 0.5) is 0 Å². The molecule has 5 heteroatoms. The van der Waals surface area contributed by atoms with Gasteiger partial charge in [-0.2, -0.15) is 0 Å². The molecule has 0 N–H and O–H groups in total. The molecule has 0 saturated heterocycles. The van der Waals surface area contributed by atoms with Crippen molar-refractivity contribution in [1.82, 2.24) is 10.2 Å². The number of carbonyl (C=O) groups excluding carboxylic acids is 1. The van der Waals surface area contributed by atoms with Crippen molar-refractivity contribution in [2.75, 3.05) is 0 Å². The molecule has 0 unspecified atom stereocenters. The molecule has 1 heterocycles. The molecule has 1 aromatic heterocycles. The maximum Gasteiger partial charge on any atom is 0.335 e. The Morgan fingerprint density at radius 1 is 1.08 bits per heavy atom. The van der Waals surface area contributed by atoms with Gasteiger partial charge in [-0.25, -0.2) is 4.79 Å². The number of aryl methyl sites for hydroxylation is 1. The first-order chi connectivity index (χ1) is 12.2. The van der Waals surface area contributed by atoms with Crippen LogP contribution in [0, 0.1) is 0 Å². The van der Waals surface area contributed by atoms with Gasteiger partial charge in [-0.05, 0) is 37.1 Å². The van der Waals surface area contributed by atoms with E-state index in [1.807, 2.05) is 18.2 Å². The van der Waals surface area contributed by atoms with Gasteiger partial charge in [0.1, 0.15) is 15.8 Å². The summed E-state index contributed by atoms with van der Waals surface area (Å²) in [5, 5.41) is 10.5. The van der Waals surface area contributed by atoms with E-state index in [2.05, 4.69) is 24.0 Å². The van der Waals surface area contributed by atoms with Crippen molar-refractivity contribution in [3.8, 4) is 16.3 Å². The standard InChI is InChI=1S/C20H26N2O2S/c1-3-5-7-9-11-19(23)24-17-14-12-16(13-15-17)20-22-21-18(25-20)10-8-6-4-2/h9,11-15H,3-8,10H2,1-2H3. The summed E-state index contributed by atoms with van der Waals surface area (Å²) in [5.74, 6) is 0.208. The summed E-state index contributed by atoms with van der Waals surface area (Å²) < 4.78 is 5.30. The SMILES string of the molecule is CCCCC=CC(=O)Oc1ccc(-c2nnc(CCCCC)s2)cc1. The summed E-state index contributed by atoms with van der Waals surface area (Å²) in [6.07, 6.45) is 11.0. The number of esters is 1. The number of rotatable bonds is 10. The van der Waals surface area contributed by atoms with Crippen molar-refractivity contribution in [1.29, 1.82) is 0 Å². The normalized spacial score (nSPS) is 11.1. The Balaban J connectivity index is 1.89. The number of unbranched alkanes of at least 4 members (excludes halogenated alkanes) is 4. The smallest absolute Gasteiger partial charge is 0.335 e. The Morgan fingerprint density at radius 2 is 1.84 bits per heavy atom. The molecule has 0 aliphatic rings. The Kier molecular flexibility index (Phi) is 8.32. The second kappa shape index (κ2) is 10.8. The monoisotopic (exact) mass is 358 g/mol. The quantitative estimate of drug-likeness (QED) is 0.240. The van der Waals surface area contributed by atoms with Crippen molar-refractivity contribution >= 4 is 17.3 Å². The van der Waals surface area contributed by atoms with E-state index in [-0.39, 0.29) is 5.97 Å². The maximum absolute atomic E-state index is 11.7. The van der Waals surface area contributed by atoms with Gasteiger partial charge in [-0.15, -0.1) is 10.2 Å². The van der Waals surface area contributed by atoms with Gasteiger partial charge in [0, 0.05) is 18.1 Å². The molecule has 0 spiro atoms. The summed E-state index contributed by atoms with van der Waals surface area (Å²) in [6, 6.07) is 7.43. The predicted octanol–water partition coefficient (Wildman–Crippen LogP) is 5.59. The highest BCUT2D eigenvalue weighted by atomic mass is 32.1. The van der Waals surface area contributed by atoms with Crippen LogP contribution in [0.2, 0.25) is 0 Å². The zero-order chi connectivity index (χ0) is 17.9. The lowest BCUT2D eigenvalue weighted by Gasteiger charge is -2.02. The topological polar surface area (TPSA) is 52.1 Å². The molecule has 2 aromatic rings. The molecule has 134 valence electrons. The largest absolute Gasteiger partial charge is 0.423 e. The van der Waals surface area contributed by atoms with Gasteiger partial charge in [0.15, 0.2) is 0 Å². The van der Waals surface area contributed by atoms with Gasteiger partial charge in [0.25, 0.3) is 0 Å². The van der Waals surface area contributed by atoms with Crippen LogP contribution in [0.1, 0.15) is 57.4 Å². The van der Waals surface area contributed by atoms with Crippen molar-refractivity contribution in [3.05, 3.63) is 41.4 Å². The van der Waals surface area contributed by atoms with E-state index in [0.717, 1.165) is 47.7 Å². The predicted molar refractivity (Wildman–Crippen MR) is 103 cm³/mol. The summed E-state index contributed by atoms with van der Waals surface area (Å²) >= 11 is 1.63. The average molecular weight is 359 g/mol. The first-order valence-electron chi connectivity index (χ1n) is 9.04. The first-order valence-corrected chi connectivity index (χ1v) is 9.85. The fourth-order valence-corrected chi connectivity index (χ4v) is 3.20. The minimum Gasteiger partial charge on any atom is -0.423 e. The molecule has 0 amide bonds. The molecule has 4 nitrogen and oxygen atoms in total. The number of allylic oxidation sites excluding steroid dienone is 1. The molecule has 1 aromatic carbocycles. The van der Waals surface area contributed by atoms with Gasteiger partial charge in [-0.3, -0.25) is 0 Å². The summed E-state index contributed by atoms with van der Waals surface area (Å²) in [5.41, 5.74) is 0.998. The number of hydrogen-bond donors (Lipinski definition) is 0. The van der Waals surface area contributed by atoms with Gasteiger partial charge in [0.05, 0.1) is 0 Å². The van der Waals surface area contributed by atoms with Gasteiger partial charge in [-0.1, -0.05) is 56.9 Å². The molecule has 25 heavy (non-hydrogen) atoms. The second-order valence-corrected chi connectivity index (χ2v) is 7.01. The maximum atomic E-state index is 11.7. The number of carbonyl (C=O) groups is 1. The summed E-state index contributed by atoms with van der Waals surface area (Å²) in [6.45, 7) is 4.32. The minimum atomic E-state index is -0.335. The number of aromatic nitrogens is 2. The lowest BCUT2D eigenvalue weighted by Crippen LogP contribution is -2.03. The minimum absolute atomic E-state index is 0.335. The molecule has 2 rings (SSSR count). The summed E-state index contributed by atoms with van der Waals surface area (Å²) in [7, 11) is 0. The zero-order valence-corrected chi connectivity index (χ0v) is 15.8. The van der Waals surface area contributed by atoms with Crippen molar-refractivity contribution in [2.45, 2.75) is 58.8 Å². The third kappa shape index (κ3) is 6.78. The van der Waals surface area contributed by atoms with Crippen LogP contribution >= 0.6 is 11.3 Å². The van der Waals surface area contributed by atoms with Crippen molar-refractivity contribution in [2.24, 2.45) is 0 Å². The zero-order valence-electron chi connectivity index (χ0n) is 15.0. The lowest BCUT2D eigenvalue weighted by molar-refractivity contribution is -0.129. The first kappa shape index (κ1) is 19.3. The molecular formula is C20H26N2O2S. The Hall–Kier alpha value is -2.01. The fourth-order valence-electron chi connectivity index (χ4n) is 2.31. The Bertz CT molecular complexity index is 677. The number of nitrogens with zero attached hydrogens (tertiary/aromatic N) is 2. The van der Waals surface area contributed by atoms with E-state index in [0.29, 0.717) is 5.75 Å². The number of ether oxygens (including phenoxy) is 1. The second-order valence-electron chi connectivity index (χ2n) is 5.95. The van der Waals surface area contributed by atoms with E-state index < -0.39 is 0 Å². The molecular weight excluding hydrogens is 332 g/mol. The molecule has 0 fully saturated rings. The van der Waals surface area contributed by atoms with Crippen LogP contribution in [0.5, 0.6) is 5.75 Å². The number of hydrogen-bond acceptors (Lipinski definition) is 5. The molecule has 0 bridgehead atoms. The fraction of sp³-hybridized carbons (Fsp3) is 0.450. The Morgan fingerprint density at radius 3 is 2.56 bits per heavy atom. The molecule has 0 atom stereocenters. The average Bonchev–Trinajstić information content (AvgIpc) is 3.09. The van der Waals surface area contributed by atoms with E-state index in [1.165, 1.54) is 18.9 Å². The van der Waals surface area contributed by atoms with E-state index in [4.69, 9.17) is 4.74 Å². The molecule has 0 aliphatic heterocycles. The molecule has 0 aliphatic carbocycles. The van der Waals surface area contributed by atoms with Crippen LogP contribution in [-0.2, 0) is 11.2 Å². The third-order valence-corrected chi connectivity index (χ3v) is 4.79. The van der Waals surface area contributed by atoms with Crippen LogP contribution < -0.4 is 4.74 Å². The number of benzene rings is 1. The van der Waals surface area contributed by atoms with Crippen molar-refractivity contribution in [3.63, 3.8) is 0 Å². The van der Waals surface area contributed by atoms with E-state index >= 15 is 0 Å². The van der Waals surface area contributed by atoms with Crippen LogP contribution in [0.3, 0.4) is 0 Å². The summed E-state index contributed by atoms with van der Waals surface area (Å²) in [4.78, 5) is 11.7. The van der Waals surface area contributed by atoms with E-state index in [9.17, 15) is 4.79 Å². The van der Waals surface area contributed by atoms with Crippen LogP contribution in [0.25, 0.3) is 10.6 Å². The highest BCUT2D eigenvalue weighted by Gasteiger charge is 2.07. The molecule has 0 saturated carbocycles. The van der Waals surface area contributed by atoms with Crippen LogP contribution in [0.15, 0.2) is 36.4 Å². The van der Waals surface area contributed by atoms with Gasteiger partial charge in [0.2, 0.25) is 0 Å². The highest BCUT2D eigenvalue weighted by Crippen LogP contribution is 2.26. The lowest BCUT2D eigenvalue weighted by atomic mass is 10.2. The Labute approximate surface area is 154 Å². The van der Waals surface area contributed by atoms with Crippen LogP contribution in [-0.4, -0.2) is 16.2 Å².